The van der Waals surface area contributed by atoms with E-state index in [0.717, 1.165) is 0 Å². The molecule has 0 fully saturated rings. The Hall–Kier alpha value is -4.60. The van der Waals surface area contributed by atoms with E-state index in [1.807, 2.05) is 0 Å². The number of anilines is 2. The average Bonchev–Trinajstić information content (AvgIpc) is 3.08. The maximum atomic E-state index is 15.3. The Morgan fingerprint density at radius 3 is 2.43 bits per heavy atom. The second-order valence-corrected chi connectivity index (χ2v) is 8.16. The molecule has 0 aliphatic heterocycles. The zero-order chi connectivity index (χ0) is 24.9. The third-order valence-corrected chi connectivity index (χ3v) is 5.70. The lowest BCUT2D eigenvalue weighted by atomic mass is 10.0. The second kappa shape index (κ2) is 8.32. The minimum absolute atomic E-state index is 0.0248. The summed E-state index contributed by atoms with van der Waals surface area (Å²) in [5.74, 6) is -1.07. The van der Waals surface area contributed by atoms with E-state index in [4.69, 9.17) is 16.2 Å². The second-order valence-electron chi connectivity index (χ2n) is 8.16. The van der Waals surface area contributed by atoms with Crippen LogP contribution in [0.4, 0.5) is 20.3 Å². The van der Waals surface area contributed by atoms with Crippen molar-refractivity contribution in [2.45, 2.75) is 20.8 Å². The van der Waals surface area contributed by atoms with E-state index < -0.39 is 11.6 Å². The van der Waals surface area contributed by atoms with Crippen LogP contribution in [0, 0.1) is 32.4 Å². The fraction of sp³-hybridized carbons (Fsp3) is 0.120. The van der Waals surface area contributed by atoms with Gasteiger partial charge in [-0.25, -0.2) is 28.7 Å². The molecular formula is C25H21F2N7O. The maximum absolute atomic E-state index is 15.3. The number of ether oxygens (including phenoxy) is 1. The minimum Gasteiger partial charge on any atom is -0.421 e. The third kappa shape index (κ3) is 3.78. The molecule has 35 heavy (non-hydrogen) atoms. The van der Waals surface area contributed by atoms with Gasteiger partial charge in [-0.05, 0) is 56.7 Å². The van der Waals surface area contributed by atoms with Crippen molar-refractivity contribution in [3.8, 4) is 28.7 Å². The summed E-state index contributed by atoms with van der Waals surface area (Å²) in [5, 5.41) is 0. The van der Waals surface area contributed by atoms with Gasteiger partial charge in [0.05, 0.1) is 11.2 Å². The normalized spacial score (nSPS) is 11.2. The SMILES string of the molecule is Cc1ccnc(Oc2ccc(-n3c(-c4c(C)cc(N)cc4F)c(C)c4ncnc(N)c43)cc2F)n1. The van der Waals surface area contributed by atoms with Gasteiger partial charge in [0.1, 0.15) is 17.7 Å². The van der Waals surface area contributed by atoms with Crippen molar-refractivity contribution in [2.75, 3.05) is 11.5 Å². The van der Waals surface area contributed by atoms with Crippen LogP contribution in [0.5, 0.6) is 11.8 Å². The van der Waals surface area contributed by atoms with Crippen molar-refractivity contribution >= 4 is 22.5 Å². The summed E-state index contributed by atoms with van der Waals surface area (Å²) in [6.45, 7) is 5.34. The molecule has 5 rings (SSSR count). The highest BCUT2D eigenvalue weighted by Gasteiger charge is 2.25. The van der Waals surface area contributed by atoms with Crippen LogP contribution in [0.25, 0.3) is 28.0 Å². The highest BCUT2D eigenvalue weighted by Crippen LogP contribution is 2.40. The van der Waals surface area contributed by atoms with Crippen molar-refractivity contribution in [2.24, 2.45) is 0 Å². The number of fused-ring (bicyclic) bond motifs is 1. The van der Waals surface area contributed by atoms with Crippen LogP contribution >= 0.6 is 0 Å². The summed E-state index contributed by atoms with van der Waals surface area (Å²) in [7, 11) is 0. The molecule has 0 aliphatic carbocycles. The first-order valence-corrected chi connectivity index (χ1v) is 10.7. The number of benzene rings is 2. The Kier molecular flexibility index (Phi) is 5.28. The van der Waals surface area contributed by atoms with E-state index in [1.54, 1.807) is 43.5 Å². The van der Waals surface area contributed by atoms with E-state index >= 15 is 8.78 Å². The van der Waals surface area contributed by atoms with Gasteiger partial charge in [0.25, 0.3) is 0 Å². The molecule has 2 aromatic carbocycles. The maximum Gasteiger partial charge on any atom is 0.322 e. The Bertz CT molecular complexity index is 1590. The minimum atomic E-state index is -0.664. The number of hydrogen-bond acceptors (Lipinski definition) is 7. The van der Waals surface area contributed by atoms with Crippen LogP contribution in [0.2, 0.25) is 0 Å². The lowest BCUT2D eigenvalue weighted by Gasteiger charge is -2.16. The third-order valence-electron chi connectivity index (χ3n) is 5.70. The monoisotopic (exact) mass is 473 g/mol. The first-order chi connectivity index (χ1) is 16.7. The molecule has 0 saturated heterocycles. The molecule has 10 heteroatoms. The number of hydrogen-bond donors (Lipinski definition) is 2. The van der Waals surface area contributed by atoms with Gasteiger partial charge in [-0.2, -0.15) is 0 Å². The molecule has 0 bridgehead atoms. The summed E-state index contributed by atoms with van der Waals surface area (Å²) in [4.78, 5) is 16.6. The number of nitrogens with two attached hydrogens (primary N) is 2. The van der Waals surface area contributed by atoms with Crippen LogP contribution in [0.3, 0.4) is 0 Å². The van der Waals surface area contributed by atoms with Crippen LogP contribution in [0.15, 0.2) is 48.9 Å². The van der Waals surface area contributed by atoms with Crippen LogP contribution in [-0.2, 0) is 0 Å². The molecule has 0 radical (unpaired) electrons. The number of aromatic nitrogens is 5. The first-order valence-electron chi connectivity index (χ1n) is 10.7. The Morgan fingerprint density at radius 1 is 0.914 bits per heavy atom. The molecule has 176 valence electrons. The largest absolute Gasteiger partial charge is 0.421 e. The molecule has 0 aliphatic rings. The van der Waals surface area contributed by atoms with Crippen molar-refractivity contribution in [1.82, 2.24) is 24.5 Å². The Labute approximate surface area is 199 Å². The van der Waals surface area contributed by atoms with Crippen molar-refractivity contribution in [1.29, 1.82) is 0 Å². The fourth-order valence-corrected chi connectivity index (χ4v) is 4.19. The predicted octanol–water partition coefficient (Wildman–Crippen LogP) is 5.04. The lowest BCUT2D eigenvalue weighted by Crippen LogP contribution is -2.04. The molecule has 8 nitrogen and oxygen atoms in total. The molecular weight excluding hydrogens is 452 g/mol. The zero-order valence-electron chi connectivity index (χ0n) is 19.2. The Morgan fingerprint density at radius 2 is 1.71 bits per heavy atom. The average molecular weight is 473 g/mol. The van der Waals surface area contributed by atoms with E-state index in [1.165, 1.54) is 30.7 Å². The summed E-state index contributed by atoms with van der Waals surface area (Å²) < 4.78 is 37.7. The van der Waals surface area contributed by atoms with Gasteiger partial charge in [0.15, 0.2) is 17.4 Å². The molecule has 0 unspecified atom stereocenters. The molecule has 5 aromatic rings. The number of nitrogen functional groups attached to an aromatic ring is 2. The molecule has 0 spiro atoms. The van der Waals surface area contributed by atoms with Crippen LogP contribution < -0.4 is 16.2 Å². The van der Waals surface area contributed by atoms with Crippen LogP contribution in [-0.4, -0.2) is 24.5 Å². The molecule has 3 heterocycles. The van der Waals surface area contributed by atoms with Crippen molar-refractivity contribution in [3.05, 3.63) is 77.4 Å². The molecule has 4 N–H and O–H groups in total. The number of nitrogens with zero attached hydrogens (tertiary/aromatic N) is 5. The van der Waals surface area contributed by atoms with E-state index in [0.29, 0.717) is 50.5 Å². The van der Waals surface area contributed by atoms with E-state index in [2.05, 4.69) is 19.9 Å². The van der Waals surface area contributed by atoms with Gasteiger partial charge in [0, 0.05) is 40.5 Å². The number of halogens is 2. The van der Waals surface area contributed by atoms with E-state index in [-0.39, 0.29) is 17.6 Å². The summed E-state index contributed by atoms with van der Waals surface area (Å²) >= 11 is 0. The van der Waals surface area contributed by atoms with Gasteiger partial charge in [-0.1, -0.05) is 0 Å². The quantitative estimate of drug-likeness (QED) is 0.351. The predicted molar refractivity (Wildman–Crippen MR) is 129 cm³/mol. The van der Waals surface area contributed by atoms with Gasteiger partial charge in [-0.3, -0.25) is 0 Å². The first kappa shape index (κ1) is 22.2. The zero-order valence-corrected chi connectivity index (χ0v) is 19.2. The topological polar surface area (TPSA) is 118 Å². The number of rotatable bonds is 4. The summed E-state index contributed by atoms with van der Waals surface area (Å²) in [6, 6.07) is 9.01. The highest BCUT2D eigenvalue weighted by molar-refractivity contribution is 5.96. The van der Waals surface area contributed by atoms with Gasteiger partial charge >= 0.3 is 6.01 Å². The van der Waals surface area contributed by atoms with Crippen LogP contribution in [0.1, 0.15) is 16.8 Å². The number of aryl methyl sites for hydroxylation is 3. The molecule has 0 atom stereocenters. The standard InChI is InChI=1S/C25H21F2N7O/c1-12-8-15(28)9-18(27)20(12)22-14(3)21-23(24(29)32-11-31-21)34(22)16-4-5-19(17(26)10-16)35-25-30-7-6-13(2)33-25/h4-11H,28H2,1-3H3,(H2,29,31,32). The van der Waals surface area contributed by atoms with Gasteiger partial charge < -0.3 is 20.8 Å². The summed E-state index contributed by atoms with van der Waals surface area (Å²) in [5.41, 5.74) is 16.4. The van der Waals surface area contributed by atoms with Crippen molar-refractivity contribution in [3.63, 3.8) is 0 Å². The smallest absolute Gasteiger partial charge is 0.322 e. The lowest BCUT2D eigenvalue weighted by molar-refractivity contribution is 0.410. The molecule has 0 amide bonds. The van der Waals surface area contributed by atoms with Gasteiger partial charge in [0.2, 0.25) is 0 Å². The molecule has 0 saturated carbocycles. The Balaban J connectivity index is 1.74. The highest BCUT2D eigenvalue weighted by atomic mass is 19.1. The fourth-order valence-electron chi connectivity index (χ4n) is 4.19. The van der Waals surface area contributed by atoms with Gasteiger partial charge in [-0.15, -0.1) is 0 Å². The van der Waals surface area contributed by atoms with Crippen molar-refractivity contribution < 1.29 is 13.5 Å². The van der Waals surface area contributed by atoms with E-state index in [9.17, 15) is 0 Å². The molecule has 3 aromatic heterocycles. The summed E-state index contributed by atoms with van der Waals surface area (Å²) in [6.07, 6.45) is 2.86.